The van der Waals surface area contributed by atoms with Crippen molar-refractivity contribution in [2.45, 2.75) is 25.4 Å². The molecule has 4 aromatic rings. The molecule has 7 nitrogen and oxygen atoms in total. The Hall–Kier alpha value is -4.24. The molecule has 38 heavy (non-hydrogen) atoms. The molecule has 1 aliphatic rings. The van der Waals surface area contributed by atoms with Crippen molar-refractivity contribution >= 4 is 28.9 Å². The minimum absolute atomic E-state index is 0.179. The predicted octanol–water partition coefficient (Wildman–Crippen LogP) is 5.41. The number of aromatic nitrogens is 2. The van der Waals surface area contributed by atoms with E-state index >= 15 is 0 Å². The Morgan fingerprint density at radius 3 is 2.58 bits per heavy atom. The summed E-state index contributed by atoms with van der Waals surface area (Å²) in [5.74, 6) is 0.283. The topological polar surface area (TPSA) is 71.4 Å². The third-order valence-corrected chi connectivity index (χ3v) is 6.77. The summed E-state index contributed by atoms with van der Waals surface area (Å²) >= 11 is 5.76. The summed E-state index contributed by atoms with van der Waals surface area (Å²) in [6, 6.07) is 23.1. The van der Waals surface area contributed by atoms with Crippen molar-refractivity contribution in [2.75, 3.05) is 18.5 Å². The van der Waals surface area contributed by atoms with E-state index in [0.29, 0.717) is 24.0 Å². The lowest BCUT2D eigenvalue weighted by Crippen LogP contribution is -2.33. The van der Waals surface area contributed by atoms with E-state index in [1.165, 1.54) is 12.1 Å². The van der Waals surface area contributed by atoms with Gasteiger partial charge in [0.25, 0.3) is 0 Å². The largest absolute Gasteiger partial charge is 0.494 e. The van der Waals surface area contributed by atoms with Crippen LogP contribution in [0.3, 0.4) is 0 Å². The second-order valence-corrected chi connectivity index (χ2v) is 9.24. The Morgan fingerprint density at radius 2 is 1.87 bits per heavy atom. The molecular weight excluding hydrogens is 501 g/mol. The Balaban J connectivity index is 1.42. The summed E-state index contributed by atoms with van der Waals surface area (Å²) < 4.78 is 21.0. The molecule has 0 radical (unpaired) electrons. The molecule has 3 heterocycles. The van der Waals surface area contributed by atoms with Crippen LogP contribution in [-0.4, -0.2) is 38.6 Å². The summed E-state index contributed by atoms with van der Waals surface area (Å²) in [7, 11) is 0. The van der Waals surface area contributed by atoms with Crippen molar-refractivity contribution in [3.8, 4) is 11.4 Å². The van der Waals surface area contributed by atoms with Crippen LogP contribution < -0.4 is 15.4 Å². The van der Waals surface area contributed by atoms with Crippen LogP contribution in [0.15, 0.2) is 91.3 Å². The van der Waals surface area contributed by atoms with Crippen LogP contribution in [-0.2, 0) is 4.79 Å². The maximum atomic E-state index is 13.2. The lowest BCUT2D eigenvalue weighted by Gasteiger charge is -2.29. The van der Waals surface area contributed by atoms with Crippen molar-refractivity contribution in [1.29, 1.82) is 0 Å². The summed E-state index contributed by atoms with van der Waals surface area (Å²) in [6.07, 6.45) is 3.98. The molecule has 2 aromatic carbocycles. The SMILES string of the molecule is CCOc1ccc(-n2cccc2[C@@H]2[C@@H](c3ccccn3)NC(=S)N2CCC(=O)Nc2ccc(F)cc2)cc1. The van der Waals surface area contributed by atoms with Crippen molar-refractivity contribution in [1.82, 2.24) is 19.8 Å². The van der Waals surface area contributed by atoms with Gasteiger partial charge in [-0.25, -0.2) is 4.39 Å². The van der Waals surface area contributed by atoms with E-state index in [1.807, 2.05) is 66.6 Å². The van der Waals surface area contributed by atoms with Crippen molar-refractivity contribution in [2.24, 2.45) is 0 Å². The lowest BCUT2D eigenvalue weighted by atomic mass is 10.0. The number of rotatable bonds is 9. The molecule has 1 saturated heterocycles. The number of nitrogens with zero attached hydrogens (tertiary/aromatic N) is 3. The zero-order chi connectivity index (χ0) is 26.5. The molecule has 0 aliphatic carbocycles. The molecule has 1 amide bonds. The normalized spacial score (nSPS) is 16.8. The minimum Gasteiger partial charge on any atom is -0.494 e. The smallest absolute Gasteiger partial charge is 0.226 e. The van der Waals surface area contributed by atoms with Gasteiger partial charge in [-0.1, -0.05) is 6.07 Å². The highest BCUT2D eigenvalue weighted by molar-refractivity contribution is 7.80. The monoisotopic (exact) mass is 529 g/mol. The number of hydrogen-bond donors (Lipinski definition) is 2. The number of amides is 1. The van der Waals surface area contributed by atoms with Gasteiger partial charge in [0.15, 0.2) is 5.11 Å². The van der Waals surface area contributed by atoms with Gasteiger partial charge in [0.05, 0.1) is 24.4 Å². The Morgan fingerprint density at radius 1 is 1.08 bits per heavy atom. The zero-order valence-electron chi connectivity index (χ0n) is 20.9. The molecule has 5 rings (SSSR count). The Kier molecular flexibility index (Phi) is 7.65. The quantitative estimate of drug-likeness (QED) is 0.283. The van der Waals surface area contributed by atoms with Crippen LogP contribution in [0.1, 0.15) is 36.8 Å². The number of hydrogen-bond acceptors (Lipinski definition) is 4. The molecule has 194 valence electrons. The van der Waals surface area contributed by atoms with Gasteiger partial charge >= 0.3 is 0 Å². The van der Waals surface area contributed by atoms with Crippen LogP contribution in [0.4, 0.5) is 10.1 Å². The number of benzene rings is 2. The Bertz CT molecular complexity index is 1390. The summed E-state index contributed by atoms with van der Waals surface area (Å²) in [5.41, 5.74) is 3.40. The van der Waals surface area contributed by atoms with Gasteiger partial charge in [-0.2, -0.15) is 0 Å². The fourth-order valence-corrected chi connectivity index (χ4v) is 5.02. The first-order chi connectivity index (χ1) is 18.5. The number of anilines is 1. The highest BCUT2D eigenvalue weighted by Gasteiger charge is 2.41. The fraction of sp³-hybridized carbons (Fsp3) is 0.207. The third kappa shape index (κ3) is 5.52. The number of ether oxygens (including phenoxy) is 1. The average Bonchev–Trinajstić information content (AvgIpc) is 3.54. The van der Waals surface area contributed by atoms with Crippen LogP contribution in [0.25, 0.3) is 5.69 Å². The van der Waals surface area contributed by atoms with Crippen LogP contribution in [0.2, 0.25) is 0 Å². The molecular formula is C29H28FN5O2S. The van der Waals surface area contributed by atoms with Crippen LogP contribution in [0.5, 0.6) is 5.75 Å². The van der Waals surface area contributed by atoms with Crippen molar-refractivity contribution in [3.05, 3.63) is 108 Å². The molecule has 2 atom stereocenters. The highest BCUT2D eigenvalue weighted by atomic mass is 32.1. The van der Waals surface area contributed by atoms with Crippen LogP contribution >= 0.6 is 12.2 Å². The van der Waals surface area contributed by atoms with E-state index in [4.69, 9.17) is 17.0 Å². The number of nitrogens with one attached hydrogen (secondary N) is 2. The van der Waals surface area contributed by atoms with E-state index in [0.717, 1.165) is 22.8 Å². The van der Waals surface area contributed by atoms with Gasteiger partial charge in [-0.15, -0.1) is 0 Å². The average molecular weight is 530 g/mol. The Labute approximate surface area is 226 Å². The van der Waals surface area contributed by atoms with Gasteiger partial charge in [0, 0.05) is 42.4 Å². The third-order valence-electron chi connectivity index (χ3n) is 6.41. The maximum Gasteiger partial charge on any atom is 0.226 e. The number of carbonyl (C=O) groups excluding carboxylic acids is 1. The summed E-state index contributed by atoms with van der Waals surface area (Å²) in [6.45, 7) is 2.95. The molecule has 0 saturated carbocycles. The lowest BCUT2D eigenvalue weighted by molar-refractivity contribution is -0.116. The molecule has 2 N–H and O–H groups in total. The molecule has 1 aliphatic heterocycles. The number of carbonyl (C=O) groups is 1. The maximum absolute atomic E-state index is 13.2. The van der Waals surface area contributed by atoms with Crippen molar-refractivity contribution < 1.29 is 13.9 Å². The van der Waals surface area contributed by atoms with E-state index in [1.54, 1.807) is 18.3 Å². The molecule has 0 spiro atoms. The van der Waals surface area contributed by atoms with Crippen LogP contribution in [0, 0.1) is 5.82 Å². The van der Waals surface area contributed by atoms with Gasteiger partial charge in [0.1, 0.15) is 11.6 Å². The first kappa shape index (κ1) is 25.4. The molecule has 1 fully saturated rings. The predicted molar refractivity (Wildman–Crippen MR) is 149 cm³/mol. The number of pyridine rings is 1. The van der Waals surface area contributed by atoms with Gasteiger partial charge in [-0.3, -0.25) is 9.78 Å². The highest BCUT2D eigenvalue weighted by Crippen LogP contribution is 2.39. The van der Waals surface area contributed by atoms with Gasteiger partial charge < -0.3 is 24.8 Å². The zero-order valence-corrected chi connectivity index (χ0v) is 21.7. The summed E-state index contributed by atoms with van der Waals surface area (Å²) in [4.78, 5) is 19.4. The van der Waals surface area contributed by atoms with Gasteiger partial charge in [0.2, 0.25) is 5.91 Å². The fourth-order valence-electron chi connectivity index (χ4n) is 4.69. The van der Waals surface area contributed by atoms with E-state index < -0.39 is 0 Å². The standard InChI is InChI=1S/C29H28FN5O2S/c1-2-37-23-14-12-22(13-15-23)34-18-5-7-25(34)28-27(24-6-3-4-17-31-24)33-29(38)35(28)19-16-26(36)32-21-10-8-20(30)9-11-21/h3-15,17-18,27-28H,2,16,19H2,1H3,(H,32,36)(H,33,38)/t27-,28-/m1/s1. The molecule has 0 bridgehead atoms. The number of thiocarbonyl (C=S) groups is 1. The first-order valence-corrected chi connectivity index (χ1v) is 12.9. The summed E-state index contributed by atoms with van der Waals surface area (Å²) in [5, 5.41) is 6.81. The van der Waals surface area contributed by atoms with Gasteiger partial charge in [-0.05, 0) is 91.9 Å². The second kappa shape index (κ2) is 11.4. The van der Waals surface area contributed by atoms with E-state index in [-0.39, 0.29) is 30.2 Å². The van der Waals surface area contributed by atoms with E-state index in [2.05, 4.69) is 26.3 Å². The van der Waals surface area contributed by atoms with E-state index in [9.17, 15) is 9.18 Å². The molecule has 2 aromatic heterocycles. The molecule has 9 heteroatoms. The minimum atomic E-state index is -0.351. The second-order valence-electron chi connectivity index (χ2n) is 8.86. The van der Waals surface area contributed by atoms with Crippen molar-refractivity contribution in [3.63, 3.8) is 0 Å². The first-order valence-electron chi connectivity index (χ1n) is 12.5. The number of halogens is 1. The molecule has 0 unspecified atom stereocenters.